The Kier molecular flexibility index (Phi) is 1.97. The van der Waals surface area contributed by atoms with Crippen LogP contribution in [0.2, 0.25) is 0 Å². The van der Waals surface area contributed by atoms with E-state index in [4.69, 9.17) is 0 Å². The molecule has 2 aromatic heterocycles. The zero-order chi connectivity index (χ0) is 12.0. The van der Waals surface area contributed by atoms with E-state index in [-0.39, 0.29) is 5.91 Å². The number of amides is 3. The van der Waals surface area contributed by atoms with Crippen molar-refractivity contribution in [2.45, 2.75) is 12.5 Å². The Morgan fingerprint density at radius 1 is 1.41 bits per heavy atom. The van der Waals surface area contributed by atoms with Crippen LogP contribution in [-0.4, -0.2) is 16.9 Å². The number of hydrogen-bond donors (Lipinski definition) is 2. The molecule has 2 N–H and O–H groups in total. The molecule has 3 rings (SSSR count). The molecule has 0 aromatic carbocycles. The molecule has 1 saturated heterocycles. The average molecular weight is 247 g/mol. The molecule has 17 heavy (non-hydrogen) atoms. The summed E-state index contributed by atoms with van der Waals surface area (Å²) in [5, 5.41) is 5.87. The maximum atomic E-state index is 11.8. The number of nitrogens with one attached hydrogen (secondary N) is 2. The molecule has 1 atom stereocenters. The molecule has 3 heterocycles. The second-order valence-corrected chi connectivity index (χ2v) is 5.14. The zero-order valence-corrected chi connectivity index (χ0v) is 9.80. The molecule has 1 fully saturated rings. The van der Waals surface area contributed by atoms with Gasteiger partial charge in [-0.1, -0.05) is 0 Å². The summed E-state index contributed by atoms with van der Waals surface area (Å²) < 4.78 is 1.05. The number of hydrogen-bond acceptors (Lipinski definition) is 4. The van der Waals surface area contributed by atoms with Gasteiger partial charge in [0.2, 0.25) is 0 Å². The Labute approximate surface area is 101 Å². The van der Waals surface area contributed by atoms with Gasteiger partial charge < -0.3 is 5.32 Å². The third kappa shape index (κ3) is 1.41. The van der Waals surface area contributed by atoms with Crippen molar-refractivity contribution in [3.63, 3.8) is 0 Å². The number of fused-ring (bicyclic) bond motifs is 1. The minimum absolute atomic E-state index is 0.318. The first-order valence-corrected chi connectivity index (χ1v) is 5.89. The molecule has 1 aliphatic rings. The number of imide groups is 1. The van der Waals surface area contributed by atoms with Gasteiger partial charge in [0.05, 0.1) is 0 Å². The summed E-state index contributed by atoms with van der Waals surface area (Å²) in [6.45, 7) is 1.70. The summed E-state index contributed by atoms with van der Waals surface area (Å²) in [5.74, 6) is -0.318. The van der Waals surface area contributed by atoms with Crippen molar-refractivity contribution in [2.75, 3.05) is 0 Å². The summed E-state index contributed by atoms with van der Waals surface area (Å²) >= 11 is 1.48. The van der Waals surface area contributed by atoms with E-state index in [1.807, 2.05) is 12.1 Å². The number of rotatable bonds is 1. The number of pyridine rings is 1. The lowest BCUT2D eigenvalue weighted by atomic mass is 10.0. The van der Waals surface area contributed by atoms with Crippen molar-refractivity contribution in [3.05, 3.63) is 29.4 Å². The highest BCUT2D eigenvalue weighted by Crippen LogP contribution is 2.34. The van der Waals surface area contributed by atoms with Gasteiger partial charge in [0.1, 0.15) is 0 Å². The molecule has 1 aliphatic heterocycles. The summed E-state index contributed by atoms with van der Waals surface area (Å²) in [5.41, 5.74) is -0.971. The molecule has 1 unspecified atom stereocenters. The maximum Gasteiger partial charge on any atom is 0.322 e. The number of thiophene rings is 1. The Morgan fingerprint density at radius 2 is 2.24 bits per heavy atom. The maximum absolute atomic E-state index is 11.8. The van der Waals surface area contributed by atoms with Gasteiger partial charge in [-0.05, 0) is 19.1 Å². The lowest BCUT2D eigenvalue weighted by Crippen LogP contribution is -2.39. The van der Waals surface area contributed by atoms with Crippen molar-refractivity contribution in [1.82, 2.24) is 15.6 Å². The quantitative estimate of drug-likeness (QED) is 0.747. The standard InChI is InChI=1S/C11H9N3O2S/c1-11(9(15)13-10(16)14-11)8-4-6-5-12-3-2-7(6)17-8/h2-5H,1H3,(H2,13,14,15,16). The van der Waals surface area contributed by atoms with Crippen LogP contribution in [0, 0.1) is 0 Å². The predicted molar refractivity (Wildman–Crippen MR) is 63.6 cm³/mol. The molecule has 0 spiro atoms. The number of urea groups is 1. The van der Waals surface area contributed by atoms with Crippen molar-refractivity contribution < 1.29 is 9.59 Å². The van der Waals surface area contributed by atoms with Crippen LogP contribution in [0.4, 0.5) is 4.79 Å². The summed E-state index contributed by atoms with van der Waals surface area (Å²) in [7, 11) is 0. The summed E-state index contributed by atoms with van der Waals surface area (Å²) in [4.78, 5) is 27.8. The second-order valence-electron chi connectivity index (χ2n) is 4.06. The third-order valence-corrected chi connectivity index (χ3v) is 4.19. The van der Waals surface area contributed by atoms with Gasteiger partial charge in [-0.3, -0.25) is 15.1 Å². The van der Waals surface area contributed by atoms with Gasteiger partial charge in [-0.2, -0.15) is 0 Å². The molecule has 3 amide bonds. The van der Waals surface area contributed by atoms with Crippen LogP contribution >= 0.6 is 11.3 Å². The SMILES string of the molecule is CC1(c2cc3cnccc3s2)NC(=O)NC1=O. The normalized spacial score (nSPS) is 23.8. The topological polar surface area (TPSA) is 71.1 Å². The first kappa shape index (κ1) is 10.2. The molecule has 6 heteroatoms. The molecular formula is C11H9N3O2S. The Bertz CT molecular complexity index is 603. The monoisotopic (exact) mass is 247 g/mol. The van der Waals surface area contributed by atoms with Gasteiger partial charge >= 0.3 is 6.03 Å². The van der Waals surface area contributed by atoms with Gasteiger partial charge in [-0.25, -0.2) is 4.79 Å². The van der Waals surface area contributed by atoms with Crippen LogP contribution in [0.15, 0.2) is 24.5 Å². The summed E-state index contributed by atoms with van der Waals surface area (Å²) in [6.07, 6.45) is 3.45. The zero-order valence-electron chi connectivity index (χ0n) is 8.98. The molecule has 0 aliphatic carbocycles. The molecule has 0 saturated carbocycles. The fourth-order valence-electron chi connectivity index (χ4n) is 1.85. The Balaban J connectivity index is 2.15. The van der Waals surface area contributed by atoms with E-state index < -0.39 is 11.6 Å². The van der Waals surface area contributed by atoms with Crippen molar-refractivity contribution in [1.29, 1.82) is 0 Å². The minimum atomic E-state index is -0.971. The largest absolute Gasteiger partial charge is 0.322 e. The highest BCUT2D eigenvalue weighted by Gasteiger charge is 2.44. The van der Waals surface area contributed by atoms with E-state index in [1.165, 1.54) is 11.3 Å². The van der Waals surface area contributed by atoms with Gasteiger partial charge in [-0.15, -0.1) is 11.3 Å². The van der Waals surface area contributed by atoms with Crippen LogP contribution in [0.25, 0.3) is 10.1 Å². The van der Waals surface area contributed by atoms with Crippen molar-refractivity contribution in [3.8, 4) is 0 Å². The van der Waals surface area contributed by atoms with Crippen molar-refractivity contribution >= 4 is 33.4 Å². The highest BCUT2D eigenvalue weighted by molar-refractivity contribution is 7.19. The number of nitrogens with zero attached hydrogens (tertiary/aromatic N) is 1. The third-order valence-electron chi connectivity index (χ3n) is 2.85. The average Bonchev–Trinajstić information content (AvgIpc) is 2.81. The fourth-order valence-corrected chi connectivity index (χ4v) is 2.98. The number of carbonyl (C=O) groups excluding carboxylic acids is 2. The number of carbonyl (C=O) groups is 2. The molecule has 0 radical (unpaired) electrons. The summed E-state index contributed by atoms with van der Waals surface area (Å²) in [6, 6.07) is 3.33. The first-order valence-electron chi connectivity index (χ1n) is 5.07. The lowest BCUT2D eigenvalue weighted by Gasteiger charge is -2.18. The predicted octanol–water partition coefficient (Wildman–Crippen LogP) is 1.35. The van der Waals surface area contributed by atoms with E-state index in [9.17, 15) is 9.59 Å². The van der Waals surface area contributed by atoms with E-state index in [0.717, 1.165) is 15.0 Å². The van der Waals surface area contributed by atoms with E-state index in [2.05, 4.69) is 15.6 Å². The van der Waals surface area contributed by atoms with E-state index >= 15 is 0 Å². The van der Waals surface area contributed by atoms with Crippen molar-refractivity contribution in [2.24, 2.45) is 0 Å². The Hall–Kier alpha value is -1.95. The highest BCUT2D eigenvalue weighted by atomic mass is 32.1. The van der Waals surface area contributed by atoms with Gasteiger partial charge in [0, 0.05) is 27.4 Å². The van der Waals surface area contributed by atoms with Crippen LogP contribution in [-0.2, 0) is 10.3 Å². The molecular weight excluding hydrogens is 238 g/mol. The number of aromatic nitrogens is 1. The van der Waals surface area contributed by atoms with E-state index in [0.29, 0.717) is 0 Å². The Morgan fingerprint density at radius 3 is 2.88 bits per heavy atom. The van der Waals surface area contributed by atoms with Crippen LogP contribution in [0.3, 0.4) is 0 Å². The van der Waals surface area contributed by atoms with Gasteiger partial charge in [0.15, 0.2) is 5.54 Å². The van der Waals surface area contributed by atoms with Crippen LogP contribution < -0.4 is 10.6 Å². The molecule has 5 nitrogen and oxygen atoms in total. The van der Waals surface area contributed by atoms with E-state index in [1.54, 1.807) is 19.3 Å². The molecule has 2 aromatic rings. The van der Waals surface area contributed by atoms with Gasteiger partial charge in [0.25, 0.3) is 5.91 Å². The first-order chi connectivity index (χ1) is 8.09. The fraction of sp³-hybridized carbons (Fsp3) is 0.182. The minimum Gasteiger partial charge on any atom is -0.319 e. The van der Waals surface area contributed by atoms with Crippen LogP contribution in [0.5, 0.6) is 0 Å². The van der Waals surface area contributed by atoms with Crippen LogP contribution in [0.1, 0.15) is 11.8 Å². The second kappa shape index (κ2) is 3.27. The lowest BCUT2D eigenvalue weighted by molar-refractivity contribution is -0.123. The smallest absolute Gasteiger partial charge is 0.319 e. The molecule has 86 valence electrons. The molecule has 0 bridgehead atoms.